The summed E-state index contributed by atoms with van der Waals surface area (Å²) in [6.45, 7) is 0.186. The van der Waals surface area contributed by atoms with Gasteiger partial charge in [-0.3, -0.25) is 0 Å². The molecule has 0 amide bonds. The fourth-order valence-electron chi connectivity index (χ4n) is 1.69. The predicted octanol–water partition coefficient (Wildman–Crippen LogP) is 2.82. The molecule has 0 atom stereocenters. The number of benzene rings is 2. The second-order valence-corrected chi connectivity index (χ2v) is 4.67. The van der Waals surface area contributed by atoms with Gasteiger partial charge in [-0.25, -0.2) is 4.39 Å². The Morgan fingerprint density at radius 3 is 2.76 bits per heavy atom. The fourth-order valence-corrected chi connectivity index (χ4v) is 1.93. The van der Waals surface area contributed by atoms with Crippen LogP contribution in [-0.4, -0.2) is 5.97 Å². The zero-order valence-electron chi connectivity index (χ0n) is 10.9. The van der Waals surface area contributed by atoms with E-state index in [9.17, 15) is 14.3 Å². The third kappa shape index (κ3) is 4.61. The third-order valence-corrected chi connectivity index (χ3v) is 2.95. The Labute approximate surface area is 126 Å². The van der Waals surface area contributed by atoms with Crippen LogP contribution in [0.3, 0.4) is 0 Å². The number of halogens is 2. The van der Waals surface area contributed by atoms with E-state index in [2.05, 4.69) is 0 Å². The quantitative estimate of drug-likeness (QED) is 0.798. The molecule has 0 heterocycles. The monoisotopic (exact) mass is 305 g/mol. The lowest BCUT2D eigenvalue weighted by Gasteiger charge is -2.09. The molecule has 0 unspecified atom stereocenters. The molecule has 0 saturated carbocycles. The van der Waals surface area contributed by atoms with Crippen molar-refractivity contribution in [2.24, 2.45) is 0 Å². The molecule has 108 valence electrons. The summed E-state index contributed by atoms with van der Waals surface area (Å²) in [7, 11) is 0. The summed E-state index contributed by atoms with van der Waals surface area (Å²) in [5.41, 5.74) is 1.30. The van der Waals surface area contributed by atoms with Crippen molar-refractivity contribution < 1.29 is 19.0 Å². The molecule has 3 nitrogen and oxygen atoms in total. The summed E-state index contributed by atoms with van der Waals surface area (Å²) in [6.07, 6.45) is 2.29. The van der Waals surface area contributed by atoms with Crippen LogP contribution in [0.2, 0.25) is 5.02 Å². The van der Waals surface area contributed by atoms with Gasteiger partial charge < -0.3 is 14.6 Å². The molecule has 0 aliphatic carbocycles. The highest BCUT2D eigenvalue weighted by Crippen LogP contribution is 2.26. The molecule has 0 aliphatic rings. The molecule has 0 saturated heterocycles. The van der Waals surface area contributed by atoms with Crippen LogP contribution in [0.4, 0.5) is 4.39 Å². The number of aliphatic carboxylic acids is 1. The van der Waals surface area contributed by atoms with Crippen LogP contribution in [0, 0.1) is 5.82 Å². The highest BCUT2D eigenvalue weighted by Gasteiger charge is 2.03. The minimum absolute atomic E-state index is 0.186. The zero-order chi connectivity index (χ0) is 15.2. The van der Waals surface area contributed by atoms with Crippen molar-refractivity contribution in [3.63, 3.8) is 0 Å². The second kappa shape index (κ2) is 6.90. The van der Waals surface area contributed by atoms with Crippen molar-refractivity contribution in [3.8, 4) is 5.75 Å². The highest BCUT2D eigenvalue weighted by molar-refractivity contribution is 6.32. The van der Waals surface area contributed by atoms with Crippen LogP contribution >= 0.6 is 11.6 Å². The Morgan fingerprint density at radius 1 is 1.29 bits per heavy atom. The lowest BCUT2D eigenvalue weighted by atomic mass is 10.2. The molecule has 0 spiro atoms. The van der Waals surface area contributed by atoms with Gasteiger partial charge in [0.15, 0.2) is 0 Å². The van der Waals surface area contributed by atoms with Gasteiger partial charge in [0.1, 0.15) is 18.2 Å². The molecule has 0 bridgehead atoms. The van der Waals surface area contributed by atoms with E-state index >= 15 is 0 Å². The van der Waals surface area contributed by atoms with E-state index < -0.39 is 5.97 Å². The maximum absolute atomic E-state index is 13.0. The van der Waals surface area contributed by atoms with Crippen molar-refractivity contribution in [2.75, 3.05) is 0 Å². The van der Waals surface area contributed by atoms with Gasteiger partial charge in [0.25, 0.3) is 0 Å². The van der Waals surface area contributed by atoms with E-state index in [0.717, 1.165) is 6.08 Å². The number of hydrogen-bond acceptors (Lipinski definition) is 3. The number of ether oxygens (including phenoxy) is 1. The number of carboxylic acid groups (broad SMARTS) is 1. The zero-order valence-corrected chi connectivity index (χ0v) is 11.6. The first-order chi connectivity index (χ1) is 10.0. The second-order valence-electron chi connectivity index (χ2n) is 4.26. The minimum atomic E-state index is -1.28. The van der Waals surface area contributed by atoms with Crippen LogP contribution < -0.4 is 9.84 Å². The summed E-state index contributed by atoms with van der Waals surface area (Å²) < 4.78 is 18.5. The summed E-state index contributed by atoms with van der Waals surface area (Å²) >= 11 is 6.05. The minimum Gasteiger partial charge on any atom is -0.545 e. The van der Waals surface area contributed by atoms with Crippen molar-refractivity contribution in [3.05, 3.63) is 70.5 Å². The largest absolute Gasteiger partial charge is 0.545 e. The standard InChI is InChI=1S/C16H12ClFO3/c17-14-9-11(5-7-16(19)20)4-6-15(14)21-10-12-2-1-3-13(18)8-12/h1-9H,10H2,(H,19,20)/p-1/b7-5+. The average molecular weight is 306 g/mol. The smallest absolute Gasteiger partial charge is 0.138 e. The number of carboxylic acids is 1. The lowest BCUT2D eigenvalue weighted by molar-refractivity contribution is -0.297. The molecule has 5 heteroatoms. The molecule has 0 aliphatic heterocycles. The van der Waals surface area contributed by atoms with E-state index in [0.29, 0.717) is 21.9 Å². The molecular weight excluding hydrogens is 295 g/mol. The predicted molar refractivity (Wildman–Crippen MR) is 76.2 cm³/mol. The summed E-state index contributed by atoms with van der Waals surface area (Å²) in [5, 5.41) is 10.7. The van der Waals surface area contributed by atoms with Crippen LogP contribution in [0.1, 0.15) is 11.1 Å². The van der Waals surface area contributed by atoms with Crippen LogP contribution in [-0.2, 0) is 11.4 Å². The first-order valence-corrected chi connectivity index (χ1v) is 6.48. The topological polar surface area (TPSA) is 49.4 Å². The van der Waals surface area contributed by atoms with Gasteiger partial charge in [-0.1, -0.05) is 35.9 Å². The molecule has 2 aromatic carbocycles. The van der Waals surface area contributed by atoms with Crippen LogP contribution in [0.15, 0.2) is 48.5 Å². The number of carbonyl (C=O) groups excluding carboxylic acids is 1. The van der Waals surface area contributed by atoms with Gasteiger partial charge in [0.05, 0.1) is 11.0 Å². The maximum atomic E-state index is 13.0. The molecular formula is C16H11ClFO3-. The normalized spacial score (nSPS) is 10.8. The van der Waals surface area contributed by atoms with E-state index in [1.165, 1.54) is 18.2 Å². The lowest BCUT2D eigenvalue weighted by Crippen LogP contribution is -2.18. The van der Waals surface area contributed by atoms with Crippen molar-refractivity contribution in [2.45, 2.75) is 6.61 Å². The Bertz CT molecular complexity index is 683. The van der Waals surface area contributed by atoms with Crippen molar-refractivity contribution >= 4 is 23.6 Å². The third-order valence-electron chi connectivity index (χ3n) is 2.65. The Morgan fingerprint density at radius 2 is 2.10 bits per heavy atom. The van der Waals surface area contributed by atoms with Crippen molar-refractivity contribution in [1.82, 2.24) is 0 Å². The Kier molecular flexibility index (Phi) is 4.95. The van der Waals surface area contributed by atoms with Crippen LogP contribution in [0.5, 0.6) is 5.75 Å². The number of rotatable bonds is 5. The van der Waals surface area contributed by atoms with Gasteiger partial charge in [0.2, 0.25) is 0 Å². The summed E-state index contributed by atoms with van der Waals surface area (Å²) in [6, 6.07) is 10.9. The summed E-state index contributed by atoms with van der Waals surface area (Å²) in [5.74, 6) is -1.17. The van der Waals surface area contributed by atoms with E-state index in [4.69, 9.17) is 16.3 Å². The molecule has 2 aromatic rings. The van der Waals surface area contributed by atoms with Gasteiger partial charge in [-0.2, -0.15) is 0 Å². The summed E-state index contributed by atoms with van der Waals surface area (Å²) in [4.78, 5) is 10.3. The fraction of sp³-hybridized carbons (Fsp3) is 0.0625. The SMILES string of the molecule is O=C([O-])/C=C/c1ccc(OCc2cccc(F)c2)c(Cl)c1. The van der Waals surface area contributed by atoms with Gasteiger partial charge in [0, 0.05) is 0 Å². The molecule has 0 radical (unpaired) electrons. The molecule has 0 aromatic heterocycles. The van der Waals surface area contributed by atoms with Gasteiger partial charge in [-0.05, 0) is 41.5 Å². The first-order valence-electron chi connectivity index (χ1n) is 6.10. The van der Waals surface area contributed by atoms with E-state index in [-0.39, 0.29) is 12.4 Å². The molecule has 21 heavy (non-hydrogen) atoms. The van der Waals surface area contributed by atoms with E-state index in [1.807, 2.05) is 0 Å². The van der Waals surface area contributed by atoms with Gasteiger partial charge in [-0.15, -0.1) is 0 Å². The first kappa shape index (κ1) is 15.1. The van der Waals surface area contributed by atoms with Gasteiger partial charge >= 0.3 is 0 Å². The Balaban J connectivity index is 2.06. The highest BCUT2D eigenvalue weighted by atomic mass is 35.5. The van der Waals surface area contributed by atoms with E-state index in [1.54, 1.807) is 30.3 Å². The molecule has 0 N–H and O–H groups in total. The van der Waals surface area contributed by atoms with Crippen molar-refractivity contribution in [1.29, 1.82) is 0 Å². The van der Waals surface area contributed by atoms with Crippen LogP contribution in [0.25, 0.3) is 6.08 Å². The number of hydrogen-bond donors (Lipinski definition) is 0. The number of carbonyl (C=O) groups is 1. The molecule has 0 fully saturated rings. The Hall–Kier alpha value is -2.33. The average Bonchev–Trinajstić information content (AvgIpc) is 2.44. The maximum Gasteiger partial charge on any atom is 0.138 e. The molecule has 2 rings (SSSR count).